The predicted octanol–water partition coefficient (Wildman–Crippen LogP) is 3.57. The number of fused-ring (bicyclic) bond motifs is 4. The maximum Gasteiger partial charge on any atom is 0.253 e. The van der Waals surface area contributed by atoms with Crippen LogP contribution in [0.15, 0.2) is 42.7 Å². The molecular weight excluding hydrogens is 388 g/mol. The number of carbonyl (C=O) groups is 2. The van der Waals surface area contributed by atoms with E-state index in [1.54, 1.807) is 6.20 Å². The fraction of sp³-hybridized carbons (Fsp3) is 0.560. The molecule has 1 aromatic heterocycles. The summed E-state index contributed by atoms with van der Waals surface area (Å²) in [6, 6.07) is 10.5. The zero-order valence-electron chi connectivity index (χ0n) is 18.3. The van der Waals surface area contributed by atoms with E-state index >= 15 is 0 Å². The molecule has 4 atom stereocenters. The van der Waals surface area contributed by atoms with Gasteiger partial charge in [0.05, 0.1) is 6.54 Å². The molecule has 1 aromatic carbocycles. The Bertz CT molecular complexity index is 941. The van der Waals surface area contributed by atoms with Crippen molar-refractivity contribution in [3.63, 3.8) is 0 Å². The Kier molecular flexibility index (Phi) is 5.55. The molecule has 4 heterocycles. The molecule has 0 N–H and O–H groups in total. The molecule has 3 saturated heterocycles. The van der Waals surface area contributed by atoms with Crippen LogP contribution >= 0.6 is 0 Å². The Balaban J connectivity index is 1.36. The quantitative estimate of drug-likeness (QED) is 0.743. The van der Waals surface area contributed by atoms with Gasteiger partial charge in [-0.15, -0.1) is 0 Å². The van der Waals surface area contributed by atoms with Crippen molar-refractivity contribution in [2.45, 2.75) is 64.1 Å². The molecule has 0 saturated carbocycles. The number of hydrogen-bond donors (Lipinski definition) is 0. The first-order valence-corrected chi connectivity index (χ1v) is 11.8. The van der Waals surface area contributed by atoms with Crippen molar-refractivity contribution in [1.29, 1.82) is 0 Å². The summed E-state index contributed by atoms with van der Waals surface area (Å²) in [4.78, 5) is 30.6. The molecular formula is C25H32N4O2. The van der Waals surface area contributed by atoms with Crippen LogP contribution in [-0.2, 0) is 11.3 Å². The summed E-state index contributed by atoms with van der Waals surface area (Å²) in [5, 5.41) is 4.27. The molecule has 6 nitrogen and oxygen atoms in total. The molecule has 31 heavy (non-hydrogen) atoms. The maximum absolute atomic E-state index is 13.5. The lowest BCUT2D eigenvalue weighted by Crippen LogP contribution is -2.65. The van der Waals surface area contributed by atoms with Gasteiger partial charge < -0.3 is 9.80 Å². The molecule has 3 aliphatic heterocycles. The summed E-state index contributed by atoms with van der Waals surface area (Å²) in [6.45, 7) is 4.40. The van der Waals surface area contributed by atoms with Gasteiger partial charge in [-0.3, -0.25) is 14.3 Å². The first-order chi connectivity index (χ1) is 15.1. The highest BCUT2D eigenvalue weighted by molar-refractivity contribution is 5.94. The average Bonchev–Trinajstić information content (AvgIpc) is 3.29. The van der Waals surface area contributed by atoms with Gasteiger partial charge in [0.15, 0.2) is 0 Å². The SMILES string of the molecule is CCC[C@H]1[C@H]2C[C@H](CN(C(=O)c3cccc(Cn4cccn4)c3)C2)[C@@H]2CCCC(=O)N21. The molecule has 3 fully saturated rings. The van der Waals surface area contributed by atoms with Gasteiger partial charge in [0.2, 0.25) is 5.91 Å². The Morgan fingerprint density at radius 3 is 2.87 bits per heavy atom. The monoisotopic (exact) mass is 420 g/mol. The fourth-order valence-electron chi connectivity index (χ4n) is 6.18. The van der Waals surface area contributed by atoms with E-state index in [4.69, 9.17) is 0 Å². The first-order valence-electron chi connectivity index (χ1n) is 11.8. The first kappa shape index (κ1) is 20.3. The van der Waals surface area contributed by atoms with E-state index in [9.17, 15) is 9.59 Å². The second kappa shape index (κ2) is 8.48. The second-order valence-corrected chi connectivity index (χ2v) is 9.49. The number of carbonyl (C=O) groups excluding carboxylic acids is 2. The molecule has 3 aliphatic rings. The number of hydrogen-bond acceptors (Lipinski definition) is 3. The highest BCUT2D eigenvalue weighted by atomic mass is 16.2. The van der Waals surface area contributed by atoms with Crippen LogP contribution in [0.2, 0.25) is 0 Å². The molecule has 164 valence electrons. The zero-order chi connectivity index (χ0) is 21.4. The predicted molar refractivity (Wildman–Crippen MR) is 118 cm³/mol. The Morgan fingerprint density at radius 2 is 2.06 bits per heavy atom. The highest BCUT2D eigenvalue weighted by Crippen LogP contribution is 2.43. The summed E-state index contributed by atoms with van der Waals surface area (Å²) in [7, 11) is 0. The Hall–Kier alpha value is -2.63. The third-order valence-electron chi connectivity index (χ3n) is 7.45. The van der Waals surface area contributed by atoms with Crippen LogP contribution in [0, 0.1) is 11.8 Å². The molecule has 0 aliphatic carbocycles. The molecule has 0 unspecified atom stereocenters. The van der Waals surface area contributed by atoms with Crippen LogP contribution in [0.4, 0.5) is 0 Å². The molecule has 0 spiro atoms. The Labute approximate surface area is 184 Å². The van der Waals surface area contributed by atoms with Gasteiger partial charge in [-0.1, -0.05) is 25.5 Å². The standard InChI is InChI=1S/C25H32N4O2/c1-2-6-22-20-14-21(23-9-4-10-24(30)29(22)23)17-27(16-20)25(31)19-8-3-7-18(13-19)15-28-12-5-11-26-28/h3,5,7-8,11-13,20-23H,2,4,6,9-10,14-17H2,1H3/t20-,21+,22-,23-/m0/s1. The van der Waals surface area contributed by atoms with Gasteiger partial charge in [0, 0.05) is 49.6 Å². The third kappa shape index (κ3) is 3.88. The van der Waals surface area contributed by atoms with Crippen LogP contribution < -0.4 is 0 Å². The largest absolute Gasteiger partial charge is 0.338 e. The number of aromatic nitrogens is 2. The van der Waals surface area contributed by atoms with E-state index < -0.39 is 0 Å². The Morgan fingerprint density at radius 1 is 1.19 bits per heavy atom. The van der Waals surface area contributed by atoms with Crippen LogP contribution in [0.1, 0.15) is 61.4 Å². The van der Waals surface area contributed by atoms with Crippen molar-refractivity contribution in [3.05, 3.63) is 53.9 Å². The smallest absolute Gasteiger partial charge is 0.253 e. The summed E-state index contributed by atoms with van der Waals surface area (Å²) in [5.41, 5.74) is 1.84. The number of amides is 2. The highest BCUT2D eigenvalue weighted by Gasteiger charge is 2.49. The van der Waals surface area contributed by atoms with Crippen molar-refractivity contribution >= 4 is 11.8 Å². The van der Waals surface area contributed by atoms with Crippen molar-refractivity contribution in [2.24, 2.45) is 11.8 Å². The van der Waals surface area contributed by atoms with E-state index in [1.807, 2.05) is 41.2 Å². The van der Waals surface area contributed by atoms with Gasteiger partial charge >= 0.3 is 0 Å². The number of nitrogens with zero attached hydrogens (tertiary/aromatic N) is 4. The summed E-state index contributed by atoms with van der Waals surface area (Å²) in [5.74, 6) is 1.28. The van der Waals surface area contributed by atoms with E-state index in [1.165, 1.54) is 0 Å². The van der Waals surface area contributed by atoms with Crippen molar-refractivity contribution < 1.29 is 9.59 Å². The van der Waals surface area contributed by atoms with Gasteiger partial charge in [-0.2, -0.15) is 5.10 Å². The van der Waals surface area contributed by atoms with Gasteiger partial charge in [-0.05, 0) is 61.3 Å². The van der Waals surface area contributed by atoms with Crippen LogP contribution in [0.5, 0.6) is 0 Å². The van der Waals surface area contributed by atoms with Gasteiger partial charge in [0.1, 0.15) is 0 Å². The molecule has 2 bridgehead atoms. The molecule has 0 radical (unpaired) electrons. The third-order valence-corrected chi connectivity index (χ3v) is 7.45. The van der Waals surface area contributed by atoms with Crippen LogP contribution in [0.25, 0.3) is 0 Å². The second-order valence-electron chi connectivity index (χ2n) is 9.49. The molecule has 5 rings (SSSR count). The number of likely N-dealkylation sites (tertiary alicyclic amines) is 1. The van der Waals surface area contributed by atoms with E-state index in [0.29, 0.717) is 42.8 Å². The van der Waals surface area contributed by atoms with E-state index in [-0.39, 0.29) is 5.91 Å². The van der Waals surface area contributed by atoms with Gasteiger partial charge in [-0.25, -0.2) is 0 Å². The lowest BCUT2D eigenvalue weighted by molar-refractivity contribution is -0.152. The molecule has 2 amide bonds. The molecule has 2 aromatic rings. The van der Waals surface area contributed by atoms with Crippen molar-refractivity contribution in [3.8, 4) is 0 Å². The van der Waals surface area contributed by atoms with Crippen molar-refractivity contribution in [2.75, 3.05) is 13.1 Å². The normalized spacial score (nSPS) is 27.8. The summed E-state index contributed by atoms with van der Waals surface area (Å²) in [6.07, 6.45) is 9.75. The van der Waals surface area contributed by atoms with E-state index in [2.05, 4.69) is 21.8 Å². The fourth-order valence-corrected chi connectivity index (χ4v) is 6.18. The van der Waals surface area contributed by atoms with Crippen LogP contribution in [0.3, 0.4) is 0 Å². The summed E-state index contributed by atoms with van der Waals surface area (Å²) >= 11 is 0. The van der Waals surface area contributed by atoms with Crippen LogP contribution in [-0.4, -0.2) is 56.6 Å². The number of rotatable bonds is 5. The van der Waals surface area contributed by atoms with Gasteiger partial charge in [0.25, 0.3) is 5.91 Å². The average molecular weight is 421 g/mol. The zero-order valence-corrected chi connectivity index (χ0v) is 18.3. The number of benzene rings is 1. The summed E-state index contributed by atoms with van der Waals surface area (Å²) < 4.78 is 1.87. The minimum atomic E-state index is 0.128. The lowest BCUT2D eigenvalue weighted by atomic mass is 9.71. The minimum Gasteiger partial charge on any atom is -0.338 e. The lowest BCUT2D eigenvalue weighted by Gasteiger charge is -2.56. The van der Waals surface area contributed by atoms with Crippen molar-refractivity contribution in [1.82, 2.24) is 19.6 Å². The molecule has 6 heteroatoms. The minimum absolute atomic E-state index is 0.128. The topological polar surface area (TPSA) is 58.4 Å². The number of piperidine rings is 3. The maximum atomic E-state index is 13.5. The van der Waals surface area contributed by atoms with E-state index in [0.717, 1.165) is 56.3 Å².